The molecule has 0 amide bonds. The molecule has 0 unspecified atom stereocenters. The Morgan fingerprint density at radius 3 is 1.09 bits per heavy atom. The fourth-order valence-electron chi connectivity index (χ4n) is 10.8. The van der Waals surface area contributed by atoms with Crippen molar-refractivity contribution in [2.24, 2.45) is 43.5 Å². The maximum atomic E-state index is 5.31. The van der Waals surface area contributed by atoms with Crippen LogP contribution >= 0.6 is 0 Å². The summed E-state index contributed by atoms with van der Waals surface area (Å²) in [7, 11) is 0. The molecule has 0 N–H and O–H groups in total. The topological polar surface area (TPSA) is 24.7 Å². The summed E-state index contributed by atoms with van der Waals surface area (Å²) in [5, 5.41) is 0. The van der Waals surface area contributed by atoms with Crippen molar-refractivity contribution in [1.82, 2.24) is 0 Å². The van der Waals surface area contributed by atoms with Gasteiger partial charge in [0.1, 0.15) is 0 Å². The quantitative estimate of drug-likeness (QED) is 0.132. The summed E-state index contributed by atoms with van der Waals surface area (Å²) in [5.74, 6) is 1.73. The highest BCUT2D eigenvalue weighted by Crippen LogP contribution is 2.65. The molecule has 0 aromatic carbocycles. The first kappa shape index (κ1) is 43.4. The van der Waals surface area contributed by atoms with Gasteiger partial charge in [-0.3, -0.25) is 9.98 Å². The molecule has 47 heavy (non-hydrogen) atoms. The van der Waals surface area contributed by atoms with Gasteiger partial charge in [-0.2, -0.15) is 0 Å². The smallest absolute Gasteiger partial charge is 0.0985 e. The van der Waals surface area contributed by atoms with Crippen LogP contribution in [0, 0.1) is 33.5 Å². The predicted octanol–water partition coefficient (Wildman–Crippen LogP) is 4.01. The van der Waals surface area contributed by atoms with Gasteiger partial charge in [0.2, 0.25) is 0 Å². The molecule has 0 heterocycles. The van der Waals surface area contributed by atoms with E-state index in [4.69, 9.17) is 9.98 Å². The molecule has 4 atom stereocenters. The maximum absolute atomic E-state index is 5.31. The van der Waals surface area contributed by atoms with Crippen LogP contribution in [0.25, 0.3) is 0 Å². The van der Waals surface area contributed by atoms with Crippen molar-refractivity contribution in [2.75, 3.05) is 65.4 Å². The van der Waals surface area contributed by atoms with E-state index < -0.39 is 0 Å². The molecule has 4 bridgehead atoms. The van der Waals surface area contributed by atoms with Gasteiger partial charge < -0.3 is 42.9 Å². The van der Waals surface area contributed by atoms with Crippen molar-refractivity contribution >= 4 is 11.4 Å². The third kappa shape index (κ3) is 8.65. The molecule has 0 radical (unpaired) electrons. The number of rotatable bonds is 20. The zero-order chi connectivity index (χ0) is 33.0. The van der Waals surface area contributed by atoms with Crippen molar-refractivity contribution in [3.63, 3.8) is 0 Å². The lowest BCUT2D eigenvalue weighted by molar-refractivity contribution is -0.923. The van der Waals surface area contributed by atoms with E-state index in [1.807, 2.05) is 0 Å². The lowest BCUT2D eigenvalue weighted by Crippen LogP contribution is -3.00. The highest BCUT2D eigenvalue weighted by atomic mass is 79.9. The van der Waals surface area contributed by atoms with Crippen LogP contribution in [-0.2, 0) is 0 Å². The molecule has 4 saturated carbocycles. The van der Waals surface area contributed by atoms with Crippen molar-refractivity contribution < 1.29 is 42.9 Å². The van der Waals surface area contributed by atoms with Crippen LogP contribution in [0.15, 0.2) is 9.98 Å². The minimum atomic E-state index is 0. The van der Waals surface area contributed by atoms with Gasteiger partial charge in [-0.15, -0.1) is 0 Å². The second-order valence-corrected chi connectivity index (χ2v) is 18.0. The Kier molecular flexibility index (Phi) is 16.3. The largest absolute Gasteiger partial charge is 1.00 e. The van der Waals surface area contributed by atoms with Crippen LogP contribution in [0.2, 0.25) is 0 Å². The Bertz CT molecular complexity index is 946. The monoisotopic (exact) mass is 784 g/mol. The fraction of sp³-hybridized carbons (Fsp3) is 0.951. The van der Waals surface area contributed by atoms with Gasteiger partial charge in [0.05, 0.1) is 65.4 Å². The Hall–Kier alpha value is 0.220. The normalized spacial score (nSPS) is 30.7. The third-order valence-corrected chi connectivity index (χ3v) is 16.2. The van der Waals surface area contributed by atoms with Crippen LogP contribution < -0.4 is 34.0 Å². The maximum Gasteiger partial charge on any atom is 0.0985 e. The van der Waals surface area contributed by atoms with Gasteiger partial charge in [-0.05, 0) is 115 Å². The molecule has 4 nitrogen and oxygen atoms in total. The van der Waals surface area contributed by atoms with Gasteiger partial charge in [-0.1, -0.05) is 60.8 Å². The van der Waals surface area contributed by atoms with Crippen molar-refractivity contribution in [1.29, 1.82) is 0 Å². The molecule has 0 saturated heterocycles. The number of hydrogen-bond acceptors (Lipinski definition) is 2. The first-order valence-electron chi connectivity index (χ1n) is 20.1. The van der Waals surface area contributed by atoms with Crippen LogP contribution in [0.1, 0.15) is 153 Å². The highest BCUT2D eigenvalue weighted by molar-refractivity contribution is 5.94. The number of fused-ring (bicyclic) bond motifs is 4. The van der Waals surface area contributed by atoms with E-state index in [2.05, 4.69) is 69.2 Å². The van der Waals surface area contributed by atoms with Crippen molar-refractivity contribution in [2.45, 2.75) is 153 Å². The number of nitrogens with zero attached hydrogens (tertiary/aromatic N) is 4. The molecule has 0 aromatic rings. The Morgan fingerprint density at radius 1 is 0.511 bits per heavy atom. The summed E-state index contributed by atoms with van der Waals surface area (Å²) < 4.78 is 2.52. The third-order valence-electron chi connectivity index (χ3n) is 16.2. The average molecular weight is 787 g/mol. The molecule has 4 rings (SSSR count). The SMILES string of the molecule is CC[N+](CC)(CCCCCCCCC[N+](CC)(CC)CCN=C1C[C@H]2CC[C@]1(C)C2(C)C)CCN=C1C[C@H]2CC[C@]1(C)C2(C)C.[Br-].[Br-]. The lowest BCUT2D eigenvalue weighted by Gasteiger charge is -2.37. The second-order valence-electron chi connectivity index (χ2n) is 18.0. The highest BCUT2D eigenvalue weighted by Gasteiger charge is 2.60. The second kappa shape index (κ2) is 17.6. The first-order valence-corrected chi connectivity index (χ1v) is 20.1. The number of halogens is 2. The van der Waals surface area contributed by atoms with Crippen LogP contribution in [0.5, 0.6) is 0 Å². The zero-order valence-corrected chi connectivity index (χ0v) is 36.1. The zero-order valence-electron chi connectivity index (χ0n) is 33.0. The lowest BCUT2D eigenvalue weighted by atomic mass is 9.70. The number of likely N-dealkylation sites (N-methyl/N-ethyl adjacent to an activating group) is 2. The summed E-state index contributed by atoms with van der Waals surface area (Å²) in [4.78, 5) is 10.6. The molecule has 0 spiro atoms. The summed E-state index contributed by atoms with van der Waals surface area (Å²) in [5.41, 5.74) is 4.74. The first-order chi connectivity index (χ1) is 21.3. The minimum Gasteiger partial charge on any atom is -1.00 e. The molecule has 0 aliphatic heterocycles. The van der Waals surface area contributed by atoms with E-state index in [1.54, 1.807) is 11.4 Å². The standard InChI is InChI=1S/C41H78N4.2BrH/c1-11-44(12-2,30-26-42-36-32-34-22-24-40(36,9)38(34,5)6)28-20-18-16-15-17-19-21-29-45(13-3,14-4)31-27-43-37-33-35-23-25-41(37,10)39(35,7)8;;/h34-35H,11-33H2,1-10H3;2*1H/q+2;;/p-2/t34-,35-,40+,41+;;/m1../s1. The van der Waals surface area contributed by atoms with Gasteiger partial charge in [0, 0.05) is 22.3 Å². The van der Waals surface area contributed by atoms with Gasteiger partial charge in [0.15, 0.2) is 0 Å². The number of quaternary nitrogens is 2. The number of aliphatic imine (C=N–C) groups is 2. The van der Waals surface area contributed by atoms with E-state index in [-0.39, 0.29) is 34.0 Å². The van der Waals surface area contributed by atoms with E-state index in [9.17, 15) is 0 Å². The Morgan fingerprint density at radius 2 is 0.830 bits per heavy atom. The summed E-state index contributed by atoms with van der Waals surface area (Å²) >= 11 is 0. The summed E-state index contributed by atoms with van der Waals surface area (Å²) in [6.45, 7) is 37.0. The number of unbranched alkanes of at least 4 members (excludes halogenated alkanes) is 6. The van der Waals surface area contributed by atoms with Gasteiger partial charge in [0.25, 0.3) is 0 Å². The van der Waals surface area contributed by atoms with Crippen molar-refractivity contribution in [3.8, 4) is 0 Å². The van der Waals surface area contributed by atoms with Crippen LogP contribution in [0.4, 0.5) is 0 Å². The fourth-order valence-corrected chi connectivity index (χ4v) is 10.8. The van der Waals surface area contributed by atoms with E-state index >= 15 is 0 Å². The number of hydrogen-bond donors (Lipinski definition) is 0. The molecule has 4 aliphatic rings. The van der Waals surface area contributed by atoms with E-state index in [0.717, 1.165) is 24.9 Å². The Labute approximate surface area is 314 Å². The molecular weight excluding hydrogens is 708 g/mol. The Balaban J connectivity index is 0.00000384. The van der Waals surface area contributed by atoms with Crippen LogP contribution in [-0.4, -0.2) is 85.8 Å². The van der Waals surface area contributed by atoms with Crippen molar-refractivity contribution in [3.05, 3.63) is 0 Å². The molecule has 4 aliphatic carbocycles. The molecule has 0 aromatic heterocycles. The molecule has 276 valence electrons. The predicted molar refractivity (Wildman–Crippen MR) is 198 cm³/mol. The van der Waals surface area contributed by atoms with E-state index in [0.29, 0.717) is 21.7 Å². The summed E-state index contributed by atoms with van der Waals surface area (Å²) in [6, 6.07) is 0. The minimum absolute atomic E-state index is 0. The average Bonchev–Trinajstić information content (AvgIpc) is 3.54. The molecule has 6 heteroatoms. The molecular formula is C41H78Br2N4. The van der Waals surface area contributed by atoms with E-state index in [1.165, 1.54) is 145 Å². The van der Waals surface area contributed by atoms with Crippen LogP contribution in [0.3, 0.4) is 0 Å². The molecule has 4 fully saturated rings. The summed E-state index contributed by atoms with van der Waals surface area (Å²) in [6.07, 6.45) is 17.9. The van der Waals surface area contributed by atoms with Gasteiger partial charge in [-0.25, -0.2) is 0 Å². The van der Waals surface area contributed by atoms with Gasteiger partial charge >= 0.3 is 0 Å².